The van der Waals surface area contributed by atoms with E-state index in [-0.39, 0.29) is 5.56 Å². The average Bonchev–Trinajstić information content (AvgIpc) is 3.03. The number of thiophene rings is 1. The molecule has 0 bridgehead atoms. The van der Waals surface area contributed by atoms with Crippen LogP contribution >= 0.6 is 11.3 Å². The highest BCUT2D eigenvalue weighted by molar-refractivity contribution is 7.17. The Balaban J connectivity index is 1.95. The van der Waals surface area contributed by atoms with Crippen molar-refractivity contribution >= 4 is 34.1 Å². The van der Waals surface area contributed by atoms with E-state index in [9.17, 15) is 19.5 Å². The van der Waals surface area contributed by atoms with E-state index in [1.54, 1.807) is 6.08 Å². The van der Waals surface area contributed by atoms with Gasteiger partial charge in [0, 0.05) is 10.4 Å². The van der Waals surface area contributed by atoms with Crippen LogP contribution in [-0.2, 0) is 16.0 Å². The second-order valence-electron chi connectivity index (χ2n) is 7.14. The van der Waals surface area contributed by atoms with Gasteiger partial charge in [-0.05, 0) is 37.3 Å². The number of carbonyl (C=O) groups excluding carboxylic acids is 2. The van der Waals surface area contributed by atoms with E-state index in [4.69, 9.17) is 5.73 Å². The predicted molar refractivity (Wildman–Crippen MR) is 114 cm³/mol. The van der Waals surface area contributed by atoms with Gasteiger partial charge in [0.1, 0.15) is 5.00 Å². The summed E-state index contributed by atoms with van der Waals surface area (Å²) < 4.78 is 0. The molecule has 29 heavy (non-hydrogen) atoms. The number of primary amides is 1. The lowest BCUT2D eigenvalue weighted by Gasteiger charge is -2.24. The van der Waals surface area contributed by atoms with Crippen molar-refractivity contribution in [1.29, 1.82) is 0 Å². The third-order valence-corrected chi connectivity index (χ3v) is 6.33. The van der Waals surface area contributed by atoms with Gasteiger partial charge in [0.15, 0.2) is 0 Å². The van der Waals surface area contributed by atoms with Gasteiger partial charge in [-0.25, -0.2) is 0 Å². The van der Waals surface area contributed by atoms with Crippen molar-refractivity contribution in [3.05, 3.63) is 52.4 Å². The van der Waals surface area contributed by atoms with Crippen LogP contribution in [0.1, 0.15) is 40.6 Å². The quantitative estimate of drug-likeness (QED) is 0.623. The molecule has 0 aliphatic heterocycles. The highest BCUT2D eigenvalue weighted by Gasteiger charge is 2.35. The molecule has 0 radical (unpaired) electrons. The number of carboxylic acid groups (broad SMARTS) is 1. The first kappa shape index (κ1) is 20.8. The van der Waals surface area contributed by atoms with Crippen LogP contribution in [0.15, 0.2) is 36.4 Å². The van der Waals surface area contributed by atoms with Gasteiger partial charge in [0.05, 0.1) is 17.4 Å². The zero-order chi connectivity index (χ0) is 21.1. The second-order valence-corrected chi connectivity index (χ2v) is 8.36. The molecule has 0 saturated carbocycles. The first-order chi connectivity index (χ1) is 13.8. The number of aliphatic carboxylic acids is 1. The summed E-state index contributed by atoms with van der Waals surface area (Å²) in [5, 5.41) is 12.6. The molecule has 0 saturated heterocycles. The zero-order valence-corrected chi connectivity index (χ0v) is 17.2. The summed E-state index contributed by atoms with van der Waals surface area (Å²) in [5.74, 6) is -3.49. The van der Waals surface area contributed by atoms with E-state index >= 15 is 0 Å². The molecule has 6 nitrogen and oxygen atoms in total. The van der Waals surface area contributed by atoms with Gasteiger partial charge < -0.3 is 16.2 Å². The van der Waals surface area contributed by atoms with Crippen molar-refractivity contribution < 1.29 is 19.5 Å². The summed E-state index contributed by atoms with van der Waals surface area (Å²) in [4.78, 5) is 37.5. The standard InChI is InChI=1S/C22H24N2O4S/c1-3-13-8-10-14(11-9-13)17-12(2)29-21(18(17)19(23)25)24-20(26)15-6-4-5-7-16(15)22(27)28/h4-5,8-11,15-16H,3,6-7H2,1-2H3,(H2,23,25)(H,24,26)(H,27,28). The Bertz CT molecular complexity index is 975. The highest BCUT2D eigenvalue weighted by Crippen LogP contribution is 2.40. The lowest BCUT2D eigenvalue weighted by Crippen LogP contribution is -2.35. The van der Waals surface area contributed by atoms with Gasteiger partial charge in [0.25, 0.3) is 5.91 Å². The van der Waals surface area contributed by atoms with Crippen LogP contribution in [-0.4, -0.2) is 22.9 Å². The summed E-state index contributed by atoms with van der Waals surface area (Å²) in [7, 11) is 0. The molecular formula is C22H24N2O4S. The fourth-order valence-corrected chi connectivity index (χ4v) is 4.79. The van der Waals surface area contributed by atoms with Gasteiger partial charge in [-0.1, -0.05) is 43.3 Å². The molecule has 2 unspecified atom stereocenters. The van der Waals surface area contributed by atoms with Crippen LogP contribution in [0.2, 0.25) is 0 Å². The number of rotatable bonds is 6. The molecule has 1 aromatic heterocycles. The number of aryl methyl sites for hydroxylation is 2. The molecule has 1 aromatic carbocycles. The largest absolute Gasteiger partial charge is 0.481 e. The molecule has 2 amide bonds. The highest BCUT2D eigenvalue weighted by atomic mass is 32.1. The fourth-order valence-electron chi connectivity index (χ4n) is 3.70. The number of nitrogens with two attached hydrogens (primary N) is 1. The number of benzene rings is 1. The maximum atomic E-state index is 12.8. The number of carbonyl (C=O) groups is 3. The number of amides is 2. The average molecular weight is 413 g/mol. The summed E-state index contributed by atoms with van der Waals surface area (Å²) in [5.41, 5.74) is 8.67. The second kappa shape index (κ2) is 8.61. The SMILES string of the molecule is CCc1ccc(-c2c(C)sc(NC(=O)C3CC=CCC3C(=O)O)c2C(N)=O)cc1. The smallest absolute Gasteiger partial charge is 0.307 e. The van der Waals surface area contributed by atoms with Gasteiger partial charge in [-0.15, -0.1) is 11.3 Å². The molecule has 4 N–H and O–H groups in total. The fraction of sp³-hybridized carbons (Fsp3) is 0.318. The van der Waals surface area contributed by atoms with Crippen molar-refractivity contribution in [2.45, 2.75) is 33.1 Å². The van der Waals surface area contributed by atoms with Crippen LogP contribution in [0.4, 0.5) is 5.00 Å². The van der Waals surface area contributed by atoms with Crippen LogP contribution in [0, 0.1) is 18.8 Å². The zero-order valence-electron chi connectivity index (χ0n) is 16.4. The molecule has 2 aromatic rings. The van der Waals surface area contributed by atoms with Gasteiger partial charge >= 0.3 is 5.97 Å². The van der Waals surface area contributed by atoms with E-state index in [0.717, 1.165) is 16.9 Å². The van der Waals surface area contributed by atoms with Gasteiger partial charge in [0.2, 0.25) is 5.91 Å². The molecule has 152 valence electrons. The molecule has 0 fully saturated rings. The van der Waals surface area contributed by atoms with Crippen LogP contribution in [0.25, 0.3) is 11.1 Å². The minimum Gasteiger partial charge on any atom is -0.481 e. The van der Waals surface area contributed by atoms with Crippen molar-refractivity contribution in [2.24, 2.45) is 17.6 Å². The Kier molecular flexibility index (Phi) is 6.17. The first-order valence-corrected chi connectivity index (χ1v) is 10.4. The van der Waals surface area contributed by atoms with Crippen molar-refractivity contribution in [1.82, 2.24) is 0 Å². The van der Waals surface area contributed by atoms with E-state index in [1.807, 2.05) is 37.3 Å². The minimum absolute atomic E-state index is 0.267. The van der Waals surface area contributed by atoms with Crippen LogP contribution in [0.5, 0.6) is 0 Å². The summed E-state index contributed by atoms with van der Waals surface area (Å²) in [6, 6.07) is 7.89. The number of hydrogen-bond donors (Lipinski definition) is 3. The minimum atomic E-state index is -0.997. The first-order valence-electron chi connectivity index (χ1n) is 9.54. The summed E-state index contributed by atoms with van der Waals surface area (Å²) in [6.07, 6.45) is 5.18. The molecule has 7 heteroatoms. The number of allylic oxidation sites excluding steroid dienone is 2. The van der Waals surface area contributed by atoms with Crippen molar-refractivity contribution in [3.8, 4) is 11.1 Å². The third-order valence-electron chi connectivity index (χ3n) is 5.30. The lowest BCUT2D eigenvalue weighted by molar-refractivity contribution is -0.146. The Morgan fingerprint density at radius 2 is 1.76 bits per heavy atom. The monoisotopic (exact) mass is 412 g/mol. The molecule has 2 atom stereocenters. The van der Waals surface area contributed by atoms with E-state index in [0.29, 0.717) is 23.4 Å². The van der Waals surface area contributed by atoms with E-state index in [2.05, 4.69) is 12.2 Å². The number of anilines is 1. The van der Waals surface area contributed by atoms with Crippen LogP contribution < -0.4 is 11.1 Å². The van der Waals surface area contributed by atoms with Crippen molar-refractivity contribution in [2.75, 3.05) is 5.32 Å². The van der Waals surface area contributed by atoms with Gasteiger partial charge in [-0.2, -0.15) is 0 Å². The van der Waals surface area contributed by atoms with Crippen LogP contribution in [0.3, 0.4) is 0 Å². The maximum absolute atomic E-state index is 12.8. The maximum Gasteiger partial charge on any atom is 0.307 e. The molecule has 0 spiro atoms. The predicted octanol–water partition coefficient (Wildman–Crippen LogP) is 3.99. The molecule has 1 aliphatic carbocycles. The Morgan fingerprint density at radius 3 is 2.31 bits per heavy atom. The number of hydrogen-bond acceptors (Lipinski definition) is 4. The number of nitrogens with one attached hydrogen (secondary N) is 1. The molecular weight excluding hydrogens is 388 g/mol. The molecule has 1 heterocycles. The van der Waals surface area contributed by atoms with Crippen molar-refractivity contribution in [3.63, 3.8) is 0 Å². The number of carboxylic acids is 1. The summed E-state index contributed by atoms with van der Waals surface area (Å²) in [6.45, 7) is 3.94. The lowest BCUT2D eigenvalue weighted by atomic mass is 9.82. The molecule has 1 aliphatic rings. The Morgan fingerprint density at radius 1 is 1.14 bits per heavy atom. The molecule has 3 rings (SSSR count). The Hall–Kier alpha value is -2.93. The summed E-state index contributed by atoms with van der Waals surface area (Å²) >= 11 is 1.28. The topological polar surface area (TPSA) is 109 Å². The third kappa shape index (κ3) is 4.24. The van der Waals surface area contributed by atoms with Gasteiger partial charge in [-0.3, -0.25) is 14.4 Å². The van der Waals surface area contributed by atoms with E-state index < -0.39 is 29.6 Å². The van der Waals surface area contributed by atoms with E-state index in [1.165, 1.54) is 16.9 Å². The normalized spacial score (nSPS) is 18.4. The Labute approximate surface area is 173 Å².